The molecular weight excluding hydrogens is 294 g/mol. The number of alkyl halides is 2. The van der Waals surface area contributed by atoms with Crippen LogP contribution in [-0.2, 0) is 6.54 Å². The number of rotatable bonds is 5. The molecule has 0 aliphatic heterocycles. The number of benzene rings is 1. The van der Waals surface area contributed by atoms with Crippen LogP contribution in [0, 0.1) is 5.21 Å². The number of aromatic nitrogens is 1. The van der Waals surface area contributed by atoms with Crippen molar-refractivity contribution in [2.75, 3.05) is 7.05 Å². The first-order chi connectivity index (χ1) is 10.5. The SMILES string of the molecule is CN(Cc1ccc(OC(F)F)cc1)C(=O)c1cc[n+]([O-])cc1. The van der Waals surface area contributed by atoms with Gasteiger partial charge in [-0.15, -0.1) is 0 Å². The van der Waals surface area contributed by atoms with E-state index in [0.717, 1.165) is 5.56 Å². The van der Waals surface area contributed by atoms with Crippen LogP contribution in [0.3, 0.4) is 0 Å². The van der Waals surface area contributed by atoms with Gasteiger partial charge < -0.3 is 14.8 Å². The molecule has 0 unspecified atom stereocenters. The Morgan fingerprint density at radius 2 is 1.82 bits per heavy atom. The zero-order valence-corrected chi connectivity index (χ0v) is 11.8. The smallest absolute Gasteiger partial charge is 0.387 e. The molecule has 0 radical (unpaired) electrons. The molecule has 0 fully saturated rings. The maximum absolute atomic E-state index is 12.2. The van der Waals surface area contributed by atoms with Crippen LogP contribution in [0.15, 0.2) is 48.8 Å². The maximum Gasteiger partial charge on any atom is 0.387 e. The second-order valence-electron chi connectivity index (χ2n) is 4.63. The molecule has 0 saturated carbocycles. The van der Waals surface area contributed by atoms with E-state index in [1.54, 1.807) is 19.2 Å². The summed E-state index contributed by atoms with van der Waals surface area (Å²) < 4.78 is 29.0. The lowest BCUT2D eigenvalue weighted by atomic mass is 10.2. The minimum absolute atomic E-state index is 0.0655. The largest absolute Gasteiger partial charge is 0.619 e. The quantitative estimate of drug-likeness (QED) is 0.628. The van der Waals surface area contributed by atoms with E-state index in [4.69, 9.17) is 0 Å². The Morgan fingerprint density at radius 3 is 2.36 bits per heavy atom. The molecule has 0 aliphatic carbocycles. The Morgan fingerprint density at radius 1 is 1.23 bits per heavy atom. The fraction of sp³-hybridized carbons (Fsp3) is 0.200. The lowest BCUT2D eigenvalue weighted by Crippen LogP contribution is -2.29. The van der Waals surface area contributed by atoms with Gasteiger partial charge >= 0.3 is 6.61 Å². The third-order valence-corrected chi connectivity index (χ3v) is 2.96. The van der Waals surface area contributed by atoms with Crippen LogP contribution in [0.2, 0.25) is 0 Å². The van der Waals surface area contributed by atoms with Gasteiger partial charge in [0, 0.05) is 25.7 Å². The molecule has 0 spiro atoms. The highest BCUT2D eigenvalue weighted by atomic mass is 19.3. The second-order valence-corrected chi connectivity index (χ2v) is 4.63. The first-order valence-corrected chi connectivity index (χ1v) is 6.44. The molecule has 116 valence electrons. The fourth-order valence-corrected chi connectivity index (χ4v) is 1.90. The summed E-state index contributed by atoms with van der Waals surface area (Å²) in [7, 11) is 1.62. The molecule has 5 nitrogen and oxygen atoms in total. The normalized spacial score (nSPS) is 10.5. The maximum atomic E-state index is 12.2. The van der Waals surface area contributed by atoms with Crippen molar-refractivity contribution in [3.8, 4) is 5.75 Å². The third kappa shape index (κ3) is 4.15. The first kappa shape index (κ1) is 15.7. The average Bonchev–Trinajstić information content (AvgIpc) is 2.49. The zero-order chi connectivity index (χ0) is 16.1. The monoisotopic (exact) mass is 308 g/mol. The minimum atomic E-state index is -2.86. The predicted octanol–water partition coefficient (Wildman–Crippen LogP) is 2.19. The van der Waals surface area contributed by atoms with E-state index in [-0.39, 0.29) is 11.7 Å². The number of hydrogen-bond acceptors (Lipinski definition) is 3. The number of ether oxygens (including phenoxy) is 1. The third-order valence-electron chi connectivity index (χ3n) is 2.96. The Hall–Kier alpha value is -2.70. The van der Waals surface area contributed by atoms with Gasteiger partial charge in [0.2, 0.25) is 0 Å². The Balaban J connectivity index is 2.00. The van der Waals surface area contributed by atoms with Crippen molar-refractivity contribution >= 4 is 5.91 Å². The highest BCUT2D eigenvalue weighted by molar-refractivity contribution is 5.93. The molecule has 1 heterocycles. The van der Waals surface area contributed by atoms with Crippen molar-refractivity contribution in [2.24, 2.45) is 0 Å². The van der Waals surface area contributed by atoms with Gasteiger partial charge in [0.05, 0.1) is 5.56 Å². The number of carbonyl (C=O) groups is 1. The van der Waals surface area contributed by atoms with Gasteiger partial charge in [0.1, 0.15) is 5.75 Å². The Kier molecular flexibility index (Phi) is 4.88. The number of nitrogens with zero attached hydrogens (tertiary/aromatic N) is 2. The van der Waals surface area contributed by atoms with Crippen molar-refractivity contribution in [1.82, 2.24) is 4.90 Å². The van der Waals surface area contributed by atoms with Crippen LogP contribution < -0.4 is 9.47 Å². The van der Waals surface area contributed by atoms with E-state index in [9.17, 15) is 18.8 Å². The average molecular weight is 308 g/mol. The minimum Gasteiger partial charge on any atom is -0.619 e. The molecule has 1 aromatic carbocycles. The molecule has 2 rings (SSSR count). The van der Waals surface area contributed by atoms with E-state index >= 15 is 0 Å². The van der Waals surface area contributed by atoms with E-state index < -0.39 is 6.61 Å². The number of halogens is 2. The second kappa shape index (κ2) is 6.84. The number of hydrogen-bond donors (Lipinski definition) is 0. The summed E-state index contributed by atoms with van der Waals surface area (Å²) in [5.74, 6) is -0.177. The molecule has 0 saturated heterocycles. The summed E-state index contributed by atoms with van der Waals surface area (Å²) in [4.78, 5) is 13.6. The lowest BCUT2D eigenvalue weighted by Gasteiger charge is -2.17. The van der Waals surface area contributed by atoms with E-state index in [0.29, 0.717) is 16.8 Å². The highest BCUT2D eigenvalue weighted by Crippen LogP contribution is 2.16. The van der Waals surface area contributed by atoms with Gasteiger partial charge in [-0.2, -0.15) is 13.5 Å². The van der Waals surface area contributed by atoms with Gasteiger partial charge in [-0.3, -0.25) is 4.79 Å². The predicted molar refractivity (Wildman–Crippen MR) is 74.3 cm³/mol. The Bertz CT molecular complexity index is 630. The molecule has 0 N–H and O–H groups in total. The first-order valence-electron chi connectivity index (χ1n) is 6.44. The van der Waals surface area contributed by atoms with Crippen LogP contribution in [0.25, 0.3) is 0 Å². The van der Waals surface area contributed by atoms with Gasteiger partial charge in [-0.1, -0.05) is 12.1 Å². The van der Waals surface area contributed by atoms with Crippen molar-refractivity contribution in [2.45, 2.75) is 13.2 Å². The molecule has 1 amide bonds. The van der Waals surface area contributed by atoms with Gasteiger partial charge in [-0.05, 0) is 17.7 Å². The van der Waals surface area contributed by atoms with Crippen LogP contribution in [0.4, 0.5) is 8.78 Å². The molecule has 1 aromatic heterocycles. The van der Waals surface area contributed by atoms with Gasteiger partial charge in [0.15, 0.2) is 12.4 Å². The number of carbonyl (C=O) groups excluding carboxylic acids is 1. The summed E-state index contributed by atoms with van der Waals surface area (Å²) in [6, 6.07) is 8.93. The summed E-state index contributed by atoms with van der Waals surface area (Å²) in [5.41, 5.74) is 1.17. The number of pyridine rings is 1. The molecular formula is C15H14F2N2O3. The molecule has 22 heavy (non-hydrogen) atoms. The topological polar surface area (TPSA) is 56.5 Å². The summed E-state index contributed by atoms with van der Waals surface area (Å²) in [6.45, 7) is -2.56. The lowest BCUT2D eigenvalue weighted by molar-refractivity contribution is -0.605. The summed E-state index contributed by atoms with van der Waals surface area (Å²) >= 11 is 0. The van der Waals surface area contributed by atoms with Crippen LogP contribution in [0.1, 0.15) is 15.9 Å². The standard InChI is InChI=1S/C15H14F2N2O3/c1-18(14(20)12-6-8-19(21)9-7-12)10-11-2-4-13(5-3-11)22-15(16)17/h2-9,15H,10H2,1H3. The van der Waals surface area contributed by atoms with Crippen LogP contribution >= 0.6 is 0 Å². The molecule has 7 heteroatoms. The number of amides is 1. The molecule has 0 aliphatic rings. The molecule has 2 aromatic rings. The Labute approximate surface area is 125 Å². The van der Waals surface area contributed by atoms with Gasteiger partial charge in [-0.25, -0.2) is 0 Å². The van der Waals surface area contributed by atoms with Crippen LogP contribution in [-0.4, -0.2) is 24.5 Å². The van der Waals surface area contributed by atoms with Crippen LogP contribution in [0.5, 0.6) is 5.75 Å². The van der Waals surface area contributed by atoms with E-state index in [1.807, 2.05) is 0 Å². The van der Waals surface area contributed by atoms with Crippen molar-refractivity contribution in [3.05, 3.63) is 65.1 Å². The van der Waals surface area contributed by atoms with Crippen molar-refractivity contribution in [3.63, 3.8) is 0 Å². The summed E-state index contributed by atoms with van der Waals surface area (Å²) in [6.07, 6.45) is 2.50. The molecule has 0 bridgehead atoms. The highest BCUT2D eigenvalue weighted by Gasteiger charge is 2.13. The van der Waals surface area contributed by atoms with E-state index in [1.165, 1.54) is 41.6 Å². The summed E-state index contributed by atoms with van der Waals surface area (Å²) in [5, 5.41) is 10.9. The van der Waals surface area contributed by atoms with Gasteiger partial charge in [0.25, 0.3) is 5.91 Å². The fourth-order valence-electron chi connectivity index (χ4n) is 1.90. The zero-order valence-electron chi connectivity index (χ0n) is 11.8. The van der Waals surface area contributed by atoms with Crippen molar-refractivity contribution < 1.29 is 23.0 Å². The van der Waals surface area contributed by atoms with E-state index in [2.05, 4.69) is 4.74 Å². The van der Waals surface area contributed by atoms with Crippen molar-refractivity contribution in [1.29, 1.82) is 0 Å². The molecule has 0 atom stereocenters.